The van der Waals surface area contributed by atoms with E-state index in [0.29, 0.717) is 19.0 Å². The summed E-state index contributed by atoms with van der Waals surface area (Å²) in [7, 11) is 0. The third-order valence-corrected chi connectivity index (χ3v) is 2.66. The van der Waals surface area contributed by atoms with Crippen LogP contribution in [-0.2, 0) is 17.7 Å². The first-order valence-electron chi connectivity index (χ1n) is 5.67. The molecule has 1 aliphatic heterocycles. The number of nitrogens with two attached hydrogens (primary N) is 1. The van der Waals surface area contributed by atoms with Gasteiger partial charge in [-0.3, -0.25) is 4.90 Å². The molecule has 1 aromatic rings. The minimum Gasteiger partial charge on any atom is -0.374 e. The number of ether oxygens (including phenoxy) is 1. The Morgan fingerprint density at radius 3 is 3.12 bits per heavy atom. The molecular weight excluding hydrogens is 208 g/mol. The third-order valence-electron chi connectivity index (χ3n) is 2.66. The van der Waals surface area contributed by atoms with Crippen molar-refractivity contribution in [3.63, 3.8) is 0 Å². The number of rotatable bonds is 4. The Balaban J connectivity index is 1.88. The second-order valence-corrected chi connectivity index (χ2v) is 3.92. The van der Waals surface area contributed by atoms with E-state index in [0.717, 1.165) is 31.9 Å². The first-order chi connectivity index (χ1) is 7.81. The van der Waals surface area contributed by atoms with Crippen LogP contribution in [0.1, 0.15) is 18.6 Å². The zero-order valence-electron chi connectivity index (χ0n) is 9.56. The summed E-state index contributed by atoms with van der Waals surface area (Å²) >= 11 is 0. The van der Waals surface area contributed by atoms with E-state index in [1.165, 1.54) is 0 Å². The summed E-state index contributed by atoms with van der Waals surface area (Å²) in [6.07, 6.45) is 0.910. The first kappa shape index (κ1) is 11.5. The van der Waals surface area contributed by atoms with Crippen LogP contribution in [0.5, 0.6) is 0 Å². The number of aryl methyl sites for hydroxylation is 1. The Bertz CT molecular complexity index is 328. The molecule has 1 fully saturated rings. The smallest absolute Gasteiger partial charge is 0.226 e. The molecular formula is C10H18N4O2. The van der Waals surface area contributed by atoms with E-state index in [4.69, 9.17) is 15.0 Å². The number of aromatic nitrogens is 2. The molecule has 2 rings (SSSR count). The average Bonchev–Trinajstić information content (AvgIpc) is 2.77. The van der Waals surface area contributed by atoms with Crippen LogP contribution in [0.3, 0.4) is 0 Å². The molecule has 1 saturated heterocycles. The number of morpholine rings is 1. The standard InChI is InChI=1S/C10H18N4O2/c1-2-10-12-9(13-16-10)7-14-3-4-15-8(5-11)6-14/h8H,2-7,11H2,1H3. The summed E-state index contributed by atoms with van der Waals surface area (Å²) in [4.78, 5) is 6.52. The Kier molecular flexibility index (Phi) is 3.87. The van der Waals surface area contributed by atoms with Gasteiger partial charge in [0.25, 0.3) is 0 Å². The van der Waals surface area contributed by atoms with Gasteiger partial charge in [-0.2, -0.15) is 4.98 Å². The van der Waals surface area contributed by atoms with Crippen molar-refractivity contribution >= 4 is 0 Å². The Labute approximate surface area is 94.7 Å². The quantitative estimate of drug-likeness (QED) is 0.765. The van der Waals surface area contributed by atoms with Crippen molar-refractivity contribution in [1.29, 1.82) is 0 Å². The van der Waals surface area contributed by atoms with Crippen LogP contribution in [0.15, 0.2) is 4.52 Å². The third kappa shape index (κ3) is 2.78. The average molecular weight is 226 g/mol. The van der Waals surface area contributed by atoms with Crippen LogP contribution in [0.25, 0.3) is 0 Å². The van der Waals surface area contributed by atoms with Gasteiger partial charge in [-0.15, -0.1) is 0 Å². The van der Waals surface area contributed by atoms with E-state index in [1.54, 1.807) is 0 Å². The number of hydrogen-bond donors (Lipinski definition) is 1. The maximum absolute atomic E-state index is 5.58. The fraction of sp³-hybridized carbons (Fsp3) is 0.800. The zero-order valence-corrected chi connectivity index (χ0v) is 9.56. The lowest BCUT2D eigenvalue weighted by Gasteiger charge is -2.31. The van der Waals surface area contributed by atoms with Gasteiger partial charge < -0.3 is 15.0 Å². The molecule has 6 nitrogen and oxygen atoms in total. The summed E-state index contributed by atoms with van der Waals surface area (Å²) in [5.74, 6) is 1.44. The molecule has 0 radical (unpaired) electrons. The van der Waals surface area contributed by atoms with E-state index in [1.807, 2.05) is 6.92 Å². The molecule has 16 heavy (non-hydrogen) atoms. The van der Waals surface area contributed by atoms with E-state index in [2.05, 4.69) is 15.0 Å². The van der Waals surface area contributed by atoms with Gasteiger partial charge in [0.1, 0.15) is 0 Å². The van der Waals surface area contributed by atoms with Crippen LogP contribution in [0, 0.1) is 0 Å². The van der Waals surface area contributed by atoms with Gasteiger partial charge in [-0.1, -0.05) is 12.1 Å². The van der Waals surface area contributed by atoms with Crippen molar-refractivity contribution in [2.45, 2.75) is 26.0 Å². The van der Waals surface area contributed by atoms with Crippen LogP contribution in [0.2, 0.25) is 0 Å². The van der Waals surface area contributed by atoms with E-state index in [9.17, 15) is 0 Å². The molecule has 1 unspecified atom stereocenters. The number of hydrogen-bond acceptors (Lipinski definition) is 6. The van der Waals surface area contributed by atoms with E-state index in [-0.39, 0.29) is 6.10 Å². The normalized spacial score (nSPS) is 22.5. The maximum Gasteiger partial charge on any atom is 0.226 e. The second kappa shape index (κ2) is 5.38. The Morgan fingerprint density at radius 1 is 1.56 bits per heavy atom. The topological polar surface area (TPSA) is 77.4 Å². The minimum absolute atomic E-state index is 0.131. The first-order valence-corrected chi connectivity index (χ1v) is 5.67. The van der Waals surface area contributed by atoms with Crippen molar-refractivity contribution < 1.29 is 9.26 Å². The molecule has 0 saturated carbocycles. The molecule has 0 bridgehead atoms. The zero-order chi connectivity index (χ0) is 11.4. The van der Waals surface area contributed by atoms with E-state index < -0.39 is 0 Å². The fourth-order valence-electron chi connectivity index (χ4n) is 1.76. The summed E-state index contributed by atoms with van der Waals surface area (Å²) in [6.45, 7) is 5.72. The highest BCUT2D eigenvalue weighted by molar-refractivity contribution is 4.87. The van der Waals surface area contributed by atoms with Crippen molar-refractivity contribution in [3.8, 4) is 0 Å². The van der Waals surface area contributed by atoms with Gasteiger partial charge in [0, 0.05) is 26.1 Å². The molecule has 2 heterocycles. The van der Waals surface area contributed by atoms with Gasteiger partial charge >= 0.3 is 0 Å². The molecule has 0 spiro atoms. The van der Waals surface area contributed by atoms with Gasteiger partial charge in [-0.25, -0.2) is 0 Å². The molecule has 1 aliphatic rings. The van der Waals surface area contributed by atoms with Crippen LogP contribution in [-0.4, -0.2) is 47.4 Å². The predicted octanol–water partition coefficient (Wildman–Crippen LogP) is -0.208. The summed E-state index contributed by atoms with van der Waals surface area (Å²) in [6, 6.07) is 0. The fourth-order valence-corrected chi connectivity index (χ4v) is 1.76. The largest absolute Gasteiger partial charge is 0.374 e. The van der Waals surface area contributed by atoms with Crippen molar-refractivity contribution in [2.24, 2.45) is 5.73 Å². The van der Waals surface area contributed by atoms with Gasteiger partial charge in [0.15, 0.2) is 5.82 Å². The van der Waals surface area contributed by atoms with Gasteiger partial charge in [0.2, 0.25) is 5.89 Å². The summed E-state index contributed by atoms with van der Waals surface area (Å²) in [5.41, 5.74) is 5.58. The lowest BCUT2D eigenvalue weighted by Crippen LogP contribution is -2.45. The predicted molar refractivity (Wildman–Crippen MR) is 57.7 cm³/mol. The van der Waals surface area contributed by atoms with Gasteiger partial charge in [-0.05, 0) is 0 Å². The second-order valence-electron chi connectivity index (χ2n) is 3.92. The van der Waals surface area contributed by atoms with Crippen molar-refractivity contribution in [2.75, 3.05) is 26.2 Å². The highest BCUT2D eigenvalue weighted by Crippen LogP contribution is 2.08. The Morgan fingerprint density at radius 2 is 2.44 bits per heavy atom. The SMILES string of the molecule is CCc1nc(CN2CCOC(CN)C2)no1. The van der Waals surface area contributed by atoms with Crippen LogP contribution >= 0.6 is 0 Å². The molecule has 0 amide bonds. The summed E-state index contributed by atoms with van der Waals surface area (Å²) in [5, 5.41) is 3.93. The lowest BCUT2D eigenvalue weighted by molar-refractivity contribution is -0.0269. The molecule has 90 valence electrons. The highest BCUT2D eigenvalue weighted by Gasteiger charge is 2.20. The molecule has 1 aromatic heterocycles. The summed E-state index contributed by atoms with van der Waals surface area (Å²) < 4.78 is 10.6. The lowest BCUT2D eigenvalue weighted by atomic mass is 10.2. The van der Waals surface area contributed by atoms with Crippen molar-refractivity contribution in [3.05, 3.63) is 11.7 Å². The van der Waals surface area contributed by atoms with Gasteiger partial charge in [0.05, 0.1) is 19.3 Å². The molecule has 0 aliphatic carbocycles. The molecule has 0 aromatic carbocycles. The molecule has 1 atom stereocenters. The minimum atomic E-state index is 0.131. The molecule has 2 N–H and O–H groups in total. The Hall–Kier alpha value is -0.980. The highest BCUT2D eigenvalue weighted by atomic mass is 16.5. The number of nitrogens with zero attached hydrogens (tertiary/aromatic N) is 3. The van der Waals surface area contributed by atoms with Crippen molar-refractivity contribution in [1.82, 2.24) is 15.0 Å². The maximum atomic E-state index is 5.58. The van der Waals surface area contributed by atoms with Crippen LogP contribution < -0.4 is 5.73 Å². The monoisotopic (exact) mass is 226 g/mol. The molecule has 6 heteroatoms. The van der Waals surface area contributed by atoms with E-state index >= 15 is 0 Å². The van der Waals surface area contributed by atoms with Crippen LogP contribution in [0.4, 0.5) is 0 Å².